The zero-order valence-corrected chi connectivity index (χ0v) is 17.0. The van der Waals surface area contributed by atoms with Crippen molar-refractivity contribution in [3.05, 3.63) is 40.0 Å². The molecule has 1 aromatic carbocycles. The van der Waals surface area contributed by atoms with Crippen LogP contribution in [0.25, 0.3) is 0 Å². The van der Waals surface area contributed by atoms with Crippen molar-refractivity contribution in [1.29, 1.82) is 0 Å². The highest BCUT2D eigenvalue weighted by molar-refractivity contribution is 6.37. The molecule has 1 heterocycles. The first-order valence-electron chi connectivity index (χ1n) is 8.70. The SMILES string of the molecule is CCOC(=O)/C=C(/C)N=C1C(C(=O)OCC)CCN1c1ccc(Cl)cc1Cl. The van der Waals surface area contributed by atoms with E-state index in [2.05, 4.69) is 4.99 Å². The van der Waals surface area contributed by atoms with Crippen LogP contribution in [0.5, 0.6) is 0 Å². The molecule has 1 aliphatic rings. The molecule has 0 aromatic heterocycles. The van der Waals surface area contributed by atoms with Crippen molar-refractivity contribution >= 4 is 46.7 Å². The van der Waals surface area contributed by atoms with Crippen molar-refractivity contribution in [2.45, 2.75) is 27.2 Å². The lowest BCUT2D eigenvalue weighted by molar-refractivity contribution is -0.145. The Kier molecular flexibility index (Phi) is 7.68. The number of hydrogen-bond acceptors (Lipinski definition) is 5. The first kappa shape index (κ1) is 21.3. The third-order valence-corrected chi connectivity index (χ3v) is 4.44. The van der Waals surface area contributed by atoms with Gasteiger partial charge in [-0.2, -0.15) is 0 Å². The molecule has 0 amide bonds. The number of hydrogen-bond donors (Lipinski definition) is 0. The summed E-state index contributed by atoms with van der Waals surface area (Å²) in [5.74, 6) is -0.896. The second-order valence-electron chi connectivity index (χ2n) is 5.85. The van der Waals surface area contributed by atoms with E-state index in [9.17, 15) is 9.59 Å². The van der Waals surface area contributed by atoms with Gasteiger partial charge in [0, 0.05) is 23.3 Å². The molecular weight excluding hydrogens is 391 g/mol. The molecule has 0 bridgehead atoms. The fourth-order valence-corrected chi connectivity index (χ4v) is 3.32. The van der Waals surface area contributed by atoms with Crippen LogP contribution in [0.3, 0.4) is 0 Å². The van der Waals surface area contributed by atoms with E-state index in [1.165, 1.54) is 6.08 Å². The zero-order valence-electron chi connectivity index (χ0n) is 15.5. The summed E-state index contributed by atoms with van der Waals surface area (Å²) < 4.78 is 10.1. The molecular formula is C19H22Cl2N2O4. The summed E-state index contributed by atoms with van der Waals surface area (Å²) >= 11 is 12.3. The molecule has 0 radical (unpaired) electrons. The van der Waals surface area contributed by atoms with Gasteiger partial charge in [0.1, 0.15) is 11.8 Å². The van der Waals surface area contributed by atoms with Gasteiger partial charge in [-0.3, -0.25) is 4.79 Å². The Morgan fingerprint density at radius 2 is 1.96 bits per heavy atom. The third kappa shape index (κ3) is 5.47. The maximum atomic E-state index is 12.4. The number of nitrogens with zero attached hydrogens (tertiary/aromatic N) is 2. The Labute approximate surface area is 168 Å². The van der Waals surface area contributed by atoms with Gasteiger partial charge in [0.15, 0.2) is 0 Å². The molecule has 1 atom stereocenters. The van der Waals surface area contributed by atoms with Crippen LogP contribution in [0, 0.1) is 5.92 Å². The number of allylic oxidation sites excluding steroid dienone is 1. The van der Waals surface area contributed by atoms with Gasteiger partial charge in [0.25, 0.3) is 0 Å². The topological polar surface area (TPSA) is 68.2 Å². The number of benzene rings is 1. The van der Waals surface area contributed by atoms with E-state index in [-0.39, 0.29) is 19.2 Å². The molecule has 1 unspecified atom stereocenters. The highest BCUT2D eigenvalue weighted by Gasteiger charge is 2.37. The van der Waals surface area contributed by atoms with Gasteiger partial charge in [-0.15, -0.1) is 0 Å². The summed E-state index contributed by atoms with van der Waals surface area (Å²) in [4.78, 5) is 30.4. The Morgan fingerprint density at radius 1 is 1.26 bits per heavy atom. The molecule has 0 saturated carbocycles. The standard InChI is InChI=1S/C19H22Cl2N2O4/c1-4-26-17(24)10-12(3)22-18-14(19(25)27-5-2)8-9-23(18)16-7-6-13(20)11-15(16)21/h6-7,10-11,14H,4-5,8-9H2,1-3H3/b12-10-,22-18?. The van der Waals surface area contributed by atoms with Gasteiger partial charge in [0.05, 0.1) is 23.9 Å². The van der Waals surface area contributed by atoms with Crippen LogP contribution < -0.4 is 4.90 Å². The van der Waals surface area contributed by atoms with Crippen LogP contribution in [0.4, 0.5) is 5.69 Å². The number of esters is 2. The lowest BCUT2D eigenvalue weighted by Gasteiger charge is -2.22. The van der Waals surface area contributed by atoms with Gasteiger partial charge < -0.3 is 14.4 Å². The lowest BCUT2D eigenvalue weighted by Crippen LogP contribution is -2.32. The molecule has 6 nitrogen and oxygen atoms in total. The van der Waals surface area contributed by atoms with Gasteiger partial charge in [-0.05, 0) is 45.4 Å². The lowest BCUT2D eigenvalue weighted by atomic mass is 10.1. The van der Waals surface area contributed by atoms with E-state index in [0.29, 0.717) is 40.2 Å². The summed E-state index contributed by atoms with van der Waals surface area (Å²) in [6, 6.07) is 5.13. The van der Waals surface area contributed by atoms with Crippen LogP contribution in [0.1, 0.15) is 27.2 Å². The highest BCUT2D eigenvalue weighted by atomic mass is 35.5. The minimum absolute atomic E-state index is 0.275. The number of carbonyl (C=O) groups is 2. The van der Waals surface area contributed by atoms with Crippen LogP contribution in [-0.2, 0) is 19.1 Å². The minimum Gasteiger partial charge on any atom is -0.465 e. The highest BCUT2D eigenvalue weighted by Crippen LogP contribution is 2.34. The molecule has 0 N–H and O–H groups in total. The predicted octanol–water partition coefficient (Wildman–Crippen LogP) is 4.25. The van der Waals surface area contributed by atoms with Crippen molar-refractivity contribution in [2.75, 3.05) is 24.7 Å². The smallest absolute Gasteiger partial charge is 0.332 e. The van der Waals surface area contributed by atoms with Gasteiger partial charge in [0.2, 0.25) is 0 Å². The maximum Gasteiger partial charge on any atom is 0.332 e. The predicted molar refractivity (Wildman–Crippen MR) is 106 cm³/mol. The molecule has 8 heteroatoms. The van der Waals surface area contributed by atoms with E-state index >= 15 is 0 Å². The van der Waals surface area contributed by atoms with Crippen LogP contribution in [-0.4, -0.2) is 37.5 Å². The fourth-order valence-electron chi connectivity index (χ4n) is 2.81. The summed E-state index contributed by atoms with van der Waals surface area (Å²) in [5, 5.41) is 0.966. The van der Waals surface area contributed by atoms with E-state index in [1.54, 1.807) is 39.0 Å². The average Bonchev–Trinajstić information content (AvgIpc) is 2.98. The van der Waals surface area contributed by atoms with Crippen molar-refractivity contribution in [3.8, 4) is 0 Å². The number of amidine groups is 1. The third-order valence-electron chi connectivity index (χ3n) is 3.91. The minimum atomic E-state index is -0.540. The van der Waals surface area contributed by atoms with Crippen molar-refractivity contribution in [3.63, 3.8) is 0 Å². The van der Waals surface area contributed by atoms with E-state index < -0.39 is 11.9 Å². The van der Waals surface area contributed by atoms with E-state index in [4.69, 9.17) is 32.7 Å². The molecule has 27 heavy (non-hydrogen) atoms. The molecule has 0 spiro atoms. The van der Waals surface area contributed by atoms with Crippen molar-refractivity contribution in [2.24, 2.45) is 10.9 Å². The Hall–Kier alpha value is -2.05. The second-order valence-corrected chi connectivity index (χ2v) is 6.69. The largest absolute Gasteiger partial charge is 0.465 e. The second kappa shape index (κ2) is 9.76. The number of anilines is 1. The van der Waals surface area contributed by atoms with E-state index in [0.717, 1.165) is 0 Å². The van der Waals surface area contributed by atoms with Crippen molar-refractivity contribution in [1.82, 2.24) is 0 Å². The quantitative estimate of drug-likeness (QED) is 0.515. The van der Waals surface area contributed by atoms with Crippen LogP contribution >= 0.6 is 23.2 Å². The summed E-state index contributed by atoms with van der Waals surface area (Å²) in [5.41, 5.74) is 1.12. The monoisotopic (exact) mass is 412 g/mol. The number of carbonyl (C=O) groups excluding carboxylic acids is 2. The molecule has 146 valence electrons. The number of halogens is 2. The summed E-state index contributed by atoms with van der Waals surface area (Å²) in [6.45, 7) is 6.25. The fraction of sp³-hybridized carbons (Fsp3) is 0.421. The number of aliphatic imine (C=N–C) groups is 1. The molecule has 1 aromatic rings. The van der Waals surface area contributed by atoms with E-state index in [1.807, 2.05) is 4.90 Å². The first-order valence-corrected chi connectivity index (χ1v) is 9.45. The Balaban J connectivity index is 2.42. The van der Waals surface area contributed by atoms with Gasteiger partial charge in [-0.1, -0.05) is 23.2 Å². The normalized spacial score (nSPS) is 18.7. The molecule has 0 aliphatic carbocycles. The summed E-state index contributed by atoms with van der Waals surface area (Å²) in [6.07, 6.45) is 1.82. The number of ether oxygens (including phenoxy) is 2. The van der Waals surface area contributed by atoms with Crippen LogP contribution in [0.2, 0.25) is 10.0 Å². The maximum absolute atomic E-state index is 12.4. The molecule has 2 rings (SSSR count). The van der Waals surface area contributed by atoms with Crippen LogP contribution in [0.15, 0.2) is 35.0 Å². The molecule has 1 aliphatic heterocycles. The van der Waals surface area contributed by atoms with Gasteiger partial charge in [-0.25, -0.2) is 9.79 Å². The number of rotatable bonds is 6. The molecule has 1 saturated heterocycles. The Bertz CT molecular complexity index is 777. The molecule has 1 fully saturated rings. The van der Waals surface area contributed by atoms with Crippen molar-refractivity contribution < 1.29 is 19.1 Å². The Morgan fingerprint density at radius 3 is 2.59 bits per heavy atom. The van der Waals surface area contributed by atoms with Gasteiger partial charge >= 0.3 is 11.9 Å². The summed E-state index contributed by atoms with van der Waals surface area (Å²) in [7, 11) is 0. The first-order chi connectivity index (χ1) is 12.9. The zero-order chi connectivity index (χ0) is 20.0. The average molecular weight is 413 g/mol.